The van der Waals surface area contributed by atoms with E-state index >= 15 is 0 Å². The largest absolute Gasteiger partial charge is 0.451 e. The van der Waals surface area contributed by atoms with Crippen LogP contribution < -0.4 is 5.32 Å². The number of furan rings is 1. The van der Waals surface area contributed by atoms with Gasteiger partial charge in [-0.3, -0.25) is 4.79 Å². The second-order valence-corrected chi connectivity index (χ2v) is 6.78. The van der Waals surface area contributed by atoms with Gasteiger partial charge < -0.3 is 14.2 Å². The van der Waals surface area contributed by atoms with Crippen molar-refractivity contribution >= 4 is 16.9 Å². The summed E-state index contributed by atoms with van der Waals surface area (Å²) in [6.45, 7) is 3.98. The van der Waals surface area contributed by atoms with Crippen LogP contribution in [0.4, 0.5) is 0 Å². The first kappa shape index (κ1) is 15.9. The molecule has 6 nitrogen and oxygen atoms in total. The molecule has 4 rings (SSSR count). The summed E-state index contributed by atoms with van der Waals surface area (Å²) in [5, 5.41) is 11.9. The molecule has 130 valence electrons. The van der Waals surface area contributed by atoms with E-state index in [1.807, 2.05) is 26.0 Å². The topological polar surface area (TPSA) is 81.2 Å². The van der Waals surface area contributed by atoms with Crippen molar-refractivity contribution in [3.8, 4) is 11.7 Å². The van der Waals surface area contributed by atoms with Gasteiger partial charge in [0.2, 0.25) is 0 Å². The Morgan fingerprint density at radius 2 is 1.92 bits per heavy atom. The van der Waals surface area contributed by atoms with Crippen LogP contribution in [0.3, 0.4) is 0 Å². The van der Waals surface area contributed by atoms with E-state index in [1.165, 1.54) is 6.42 Å². The Bertz CT molecular complexity index is 919. The number of rotatable bonds is 3. The third-order valence-corrected chi connectivity index (χ3v) is 4.85. The lowest BCUT2D eigenvalue weighted by molar-refractivity contribution is 0.0893. The Morgan fingerprint density at radius 3 is 2.72 bits per heavy atom. The van der Waals surface area contributed by atoms with Crippen molar-refractivity contribution < 1.29 is 13.6 Å². The lowest BCUT2D eigenvalue weighted by Crippen LogP contribution is -2.36. The highest BCUT2D eigenvalue weighted by atomic mass is 16.4. The van der Waals surface area contributed by atoms with Crippen molar-refractivity contribution in [1.82, 2.24) is 15.5 Å². The van der Waals surface area contributed by atoms with E-state index in [9.17, 15) is 4.79 Å². The summed E-state index contributed by atoms with van der Waals surface area (Å²) in [6, 6.07) is 6.18. The van der Waals surface area contributed by atoms with Gasteiger partial charge in [0.05, 0.1) is 0 Å². The van der Waals surface area contributed by atoms with Gasteiger partial charge in [-0.2, -0.15) is 0 Å². The molecule has 1 fully saturated rings. The van der Waals surface area contributed by atoms with Crippen LogP contribution in [0.2, 0.25) is 0 Å². The summed E-state index contributed by atoms with van der Waals surface area (Å²) in [6.07, 6.45) is 5.56. The average Bonchev–Trinajstić information content (AvgIpc) is 3.21. The average molecular weight is 339 g/mol. The molecule has 6 heteroatoms. The minimum absolute atomic E-state index is 0.0170. The molecule has 1 aromatic carbocycles. The van der Waals surface area contributed by atoms with E-state index in [0.717, 1.165) is 47.8 Å². The van der Waals surface area contributed by atoms with Gasteiger partial charge in [0.1, 0.15) is 5.58 Å². The fourth-order valence-corrected chi connectivity index (χ4v) is 3.44. The normalized spacial score (nSPS) is 15.6. The first-order valence-corrected chi connectivity index (χ1v) is 8.76. The summed E-state index contributed by atoms with van der Waals surface area (Å²) in [5.41, 5.74) is 2.85. The minimum atomic E-state index is -0.310. The van der Waals surface area contributed by atoms with Crippen molar-refractivity contribution in [2.45, 2.75) is 52.0 Å². The highest BCUT2D eigenvalue weighted by molar-refractivity contribution is 5.90. The number of amides is 1. The van der Waals surface area contributed by atoms with Crippen LogP contribution in [0.5, 0.6) is 0 Å². The maximum absolute atomic E-state index is 12.3. The van der Waals surface area contributed by atoms with Crippen molar-refractivity contribution in [2.75, 3.05) is 0 Å². The second-order valence-electron chi connectivity index (χ2n) is 6.78. The molecule has 1 aliphatic carbocycles. The predicted molar refractivity (Wildman–Crippen MR) is 93.3 cm³/mol. The number of nitrogens with one attached hydrogen (secondary N) is 1. The summed E-state index contributed by atoms with van der Waals surface area (Å²) >= 11 is 0. The zero-order chi connectivity index (χ0) is 17.4. The zero-order valence-electron chi connectivity index (χ0n) is 14.5. The van der Waals surface area contributed by atoms with Crippen molar-refractivity contribution in [1.29, 1.82) is 0 Å². The Kier molecular flexibility index (Phi) is 4.03. The smallest absolute Gasteiger partial charge is 0.309 e. The van der Waals surface area contributed by atoms with E-state index < -0.39 is 0 Å². The van der Waals surface area contributed by atoms with E-state index in [4.69, 9.17) is 8.83 Å². The number of aryl methyl sites for hydroxylation is 2. The maximum atomic E-state index is 12.3. The van der Waals surface area contributed by atoms with Gasteiger partial charge in [0.15, 0.2) is 5.76 Å². The number of aromatic nitrogens is 2. The Hall–Kier alpha value is -2.63. The minimum Gasteiger partial charge on any atom is -0.451 e. The quantitative estimate of drug-likeness (QED) is 0.775. The molecule has 2 heterocycles. The third-order valence-electron chi connectivity index (χ3n) is 4.85. The van der Waals surface area contributed by atoms with Crippen LogP contribution in [0.25, 0.3) is 22.6 Å². The van der Waals surface area contributed by atoms with Crippen LogP contribution in [0.15, 0.2) is 27.0 Å². The van der Waals surface area contributed by atoms with Gasteiger partial charge in [-0.15, -0.1) is 10.2 Å². The standard InChI is InChI=1S/C19H21N3O3/c1-11-8-9-15-14(10-11)12(2)16(24-15)18-21-22-19(25-18)17(23)20-13-6-4-3-5-7-13/h8-10,13H,3-7H2,1-2H3,(H,20,23). The summed E-state index contributed by atoms with van der Waals surface area (Å²) in [7, 11) is 0. The molecule has 3 aromatic rings. The number of carbonyl (C=O) groups is 1. The number of hydrogen-bond donors (Lipinski definition) is 1. The molecule has 0 aliphatic heterocycles. The highest BCUT2D eigenvalue weighted by Gasteiger charge is 2.23. The molecule has 0 spiro atoms. The molecular formula is C19H21N3O3. The van der Waals surface area contributed by atoms with Gasteiger partial charge in [-0.25, -0.2) is 0 Å². The number of benzene rings is 1. The van der Waals surface area contributed by atoms with Gasteiger partial charge in [0.25, 0.3) is 5.89 Å². The third kappa shape index (κ3) is 3.04. The second kappa shape index (κ2) is 6.35. The molecule has 0 unspecified atom stereocenters. The first-order valence-electron chi connectivity index (χ1n) is 8.76. The molecule has 0 saturated heterocycles. The molecule has 25 heavy (non-hydrogen) atoms. The number of nitrogens with zero attached hydrogens (tertiary/aromatic N) is 2. The Balaban J connectivity index is 1.58. The molecule has 2 aromatic heterocycles. The van der Waals surface area contributed by atoms with Crippen LogP contribution in [-0.2, 0) is 0 Å². The van der Waals surface area contributed by atoms with E-state index in [1.54, 1.807) is 0 Å². The van der Waals surface area contributed by atoms with Crippen LogP contribution >= 0.6 is 0 Å². The summed E-state index contributed by atoms with van der Waals surface area (Å²) in [5.74, 6) is 0.428. The van der Waals surface area contributed by atoms with Crippen LogP contribution in [0, 0.1) is 13.8 Å². The van der Waals surface area contributed by atoms with E-state index in [0.29, 0.717) is 5.76 Å². The summed E-state index contributed by atoms with van der Waals surface area (Å²) in [4.78, 5) is 12.3. The fourth-order valence-electron chi connectivity index (χ4n) is 3.44. The van der Waals surface area contributed by atoms with Crippen molar-refractivity contribution in [2.24, 2.45) is 0 Å². The van der Waals surface area contributed by atoms with Gasteiger partial charge in [-0.05, 0) is 38.8 Å². The van der Waals surface area contributed by atoms with Crippen molar-refractivity contribution in [3.63, 3.8) is 0 Å². The molecule has 1 amide bonds. The highest BCUT2D eigenvalue weighted by Crippen LogP contribution is 2.32. The number of carbonyl (C=O) groups excluding carboxylic acids is 1. The first-order chi connectivity index (χ1) is 12.1. The lowest BCUT2D eigenvalue weighted by atomic mass is 9.95. The number of hydrogen-bond acceptors (Lipinski definition) is 5. The molecule has 0 atom stereocenters. The molecule has 1 saturated carbocycles. The monoisotopic (exact) mass is 339 g/mol. The van der Waals surface area contributed by atoms with Crippen molar-refractivity contribution in [3.05, 3.63) is 35.2 Å². The zero-order valence-corrected chi connectivity index (χ0v) is 14.5. The number of fused-ring (bicyclic) bond motifs is 1. The predicted octanol–water partition coefficient (Wildman–Crippen LogP) is 4.16. The molecule has 0 bridgehead atoms. The van der Waals surface area contributed by atoms with E-state index in [-0.39, 0.29) is 23.7 Å². The van der Waals surface area contributed by atoms with Gasteiger partial charge >= 0.3 is 11.8 Å². The Morgan fingerprint density at radius 1 is 1.12 bits per heavy atom. The van der Waals surface area contributed by atoms with Crippen LogP contribution in [-0.4, -0.2) is 22.1 Å². The maximum Gasteiger partial charge on any atom is 0.309 e. The SMILES string of the molecule is Cc1ccc2oc(-c3nnc(C(=O)NC4CCCCC4)o3)c(C)c2c1. The molecule has 0 radical (unpaired) electrons. The van der Waals surface area contributed by atoms with Gasteiger partial charge in [-0.1, -0.05) is 30.9 Å². The van der Waals surface area contributed by atoms with E-state index in [2.05, 4.69) is 21.6 Å². The fraction of sp³-hybridized carbons (Fsp3) is 0.421. The van der Waals surface area contributed by atoms with Crippen LogP contribution in [0.1, 0.15) is 53.9 Å². The molecule has 1 N–H and O–H groups in total. The molecule has 1 aliphatic rings. The summed E-state index contributed by atoms with van der Waals surface area (Å²) < 4.78 is 11.4. The van der Waals surface area contributed by atoms with Gasteiger partial charge in [0, 0.05) is 17.0 Å². The molecular weight excluding hydrogens is 318 g/mol. The Labute approximate surface area is 145 Å². The lowest BCUT2D eigenvalue weighted by Gasteiger charge is -2.21.